The van der Waals surface area contributed by atoms with Crippen molar-refractivity contribution >= 4 is 34.0 Å². The summed E-state index contributed by atoms with van der Waals surface area (Å²) in [7, 11) is 1.60. The van der Waals surface area contributed by atoms with E-state index in [1.165, 1.54) is 6.20 Å². The molecule has 0 bridgehead atoms. The molecule has 108 valence electrons. The third kappa shape index (κ3) is 4.88. The number of benzene rings is 1. The number of urea groups is 1. The van der Waals surface area contributed by atoms with Gasteiger partial charge >= 0.3 is 6.03 Å². The highest BCUT2D eigenvalue weighted by atomic mass is 79.9. The number of ether oxygens (including phenoxy) is 1. The number of amides is 2. The van der Waals surface area contributed by atoms with Crippen LogP contribution in [0.1, 0.15) is 5.56 Å². The first kappa shape index (κ1) is 15.0. The Hall–Kier alpha value is -2.41. The molecule has 0 radical (unpaired) electrons. The second kappa shape index (κ2) is 7.39. The standard InChI is InChI=1S/C14H13BrN4O2/c1-21-12-4-2-3-10(7-12)5-6-16-14(20)19-13-17-8-11(15)9-18-13/h2-9H,1H3,(H2,16,17,18,19,20)/b6-5+. The van der Waals surface area contributed by atoms with Crippen LogP contribution in [0, 0.1) is 0 Å². The number of aromatic nitrogens is 2. The third-order valence-electron chi connectivity index (χ3n) is 2.43. The maximum Gasteiger partial charge on any atom is 0.325 e. The van der Waals surface area contributed by atoms with Crippen LogP contribution in [0.4, 0.5) is 10.7 Å². The predicted molar refractivity (Wildman–Crippen MR) is 83.9 cm³/mol. The third-order valence-corrected chi connectivity index (χ3v) is 2.84. The van der Waals surface area contributed by atoms with E-state index in [4.69, 9.17) is 4.74 Å². The molecule has 2 amide bonds. The summed E-state index contributed by atoms with van der Waals surface area (Å²) in [5.74, 6) is 0.982. The minimum absolute atomic E-state index is 0.227. The zero-order chi connectivity index (χ0) is 15.1. The van der Waals surface area contributed by atoms with Gasteiger partial charge in [0.2, 0.25) is 5.95 Å². The first-order valence-electron chi connectivity index (χ1n) is 6.03. The largest absolute Gasteiger partial charge is 0.497 e. The average Bonchev–Trinajstić information content (AvgIpc) is 2.50. The lowest BCUT2D eigenvalue weighted by Crippen LogP contribution is -2.24. The van der Waals surface area contributed by atoms with E-state index in [-0.39, 0.29) is 5.95 Å². The molecule has 1 aromatic carbocycles. The van der Waals surface area contributed by atoms with Crippen LogP contribution in [-0.2, 0) is 0 Å². The topological polar surface area (TPSA) is 76.1 Å². The molecule has 0 fully saturated rings. The van der Waals surface area contributed by atoms with Crippen LogP contribution in [0.5, 0.6) is 5.75 Å². The Kier molecular flexibility index (Phi) is 5.28. The number of anilines is 1. The van der Waals surface area contributed by atoms with Gasteiger partial charge in [0.15, 0.2) is 0 Å². The minimum Gasteiger partial charge on any atom is -0.497 e. The molecule has 7 heteroatoms. The van der Waals surface area contributed by atoms with Gasteiger partial charge in [0.05, 0.1) is 11.6 Å². The van der Waals surface area contributed by atoms with Gasteiger partial charge in [-0.25, -0.2) is 14.8 Å². The van der Waals surface area contributed by atoms with E-state index in [2.05, 4.69) is 36.5 Å². The Labute approximate surface area is 130 Å². The summed E-state index contributed by atoms with van der Waals surface area (Å²) in [5, 5.41) is 5.08. The summed E-state index contributed by atoms with van der Waals surface area (Å²) in [6.45, 7) is 0. The fraction of sp³-hybridized carbons (Fsp3) is 0.0714. The monoisotopic (exact) mass is 348 g/mol. The van der Waals surface area contributed by atoms with Crippen molar-refractivity contribution in [2.24, 2.45) is 0 Å². The van der Waals surface area contributed by atoms with Crippen molar-refractivity contribution in [3.05, 3.63) is 52.9 Å². The molecule has 1 heterocycles. The van der Waals surface area contributed by atoms with Gasteiger partial charge in [-0.05, 0) is 39.7 Å². The van der Waals surface area contributed by atoms with Crippen LogP contribution < -0.4 is 15.4 Å². The molecule has 0 unspecified atom stereocenters. The fourth-order valence-corrected chi connectivity index (χ4v) is 1.68. The number of methoxy groups -OCH3 is 1. The molecule has 0 aliphatic heterocycles. The van der Waals surface area contributed by atoms with Crippen molar-refractivity contribution in [3.8, 4) is 5.75 Å². The van der Waals surface area contributed by atoms with Crippen LogP contribution in [-0.4, -0.2) is 23.1 Å². The van der Waals surface area contributed by atoms with E-state index in [0.717, 1.165) is 15.8 Å². The molecule has 2 rings (SSSR count). The van der Waals surface area contributed by atoms with E-state index in [9.17, 15) is 4.79 Å². The predicted octanol–water partition coefficient (Wildman–Crippen LogP) is 3.04. The van der Waals surface area contributed by atoms with Crippen molar-refractivity contribution in [2.75, 3.05) is 12.4 Å². The maximum absolute atomic E-state index is 11.6. The lowest BCUT2D eigenvalue weighted by Gasteiger charge is -2.03. The van der Waals surface area contributed by atoms with Crippen molar-refractivity contribution in [2.45, 2.75) is 0 Å². The molecule has 2 N–H and O–H groups in total. The summed E-state index contributed by atoms with van der Waals surface area (Å²) < 4.78 is 5.86. The van der Waals surface area contributed by atoms with Crippen molar-refractivity contribution < 1.29 is 9.53 Å². The van der Waals surface area contributed by atoms with Crippen molar-refractivity contribution in [3.63, 3.8) is 0 Å². The highest BCUT2D eigenvalue weighted by Crippen LogP contribution is 2.13. The number of hydrogen-bond acceptors (Lipinski definition) is 4. The summed E-state index contributed by atoms with van der Waals surface area (Å²) in [5.41, 5.74) is 0.912. The number of nitrogens with zero attached hydrogens (tertiary/aromatic N) is 2. The lowest BCUT2D eigenvalue weighted by molar-refractivity contribution is 0.255. The van der Waals surface area contributed by atoms with E-state index in [1.54, 1.807) is 25.6 Å². The van der Waals surface area contributed by atoms with E-state index in [1.807, 2.05) is 24.3 Å². The lowest BCUT2D eigenvalue weighted by atomic mass is 10.2. The number of nitrogens with one attached hydrogen (secondary N) is 2. The molecule has 0 aliphatic rings. The smallest absolute Gasteiger partial charge is 0.325 e. The molecule has 0 spiro atoms. The van der Waals surface area contributed by atoms with Gasteiger partial charge in [-0.1, -0.05) is 12.1 Å². The Morgan fingerprint density at radius 1 is 1.33 bits per heavy atom. The molecule has 0 atom stereocenters. The Bertz CT molecular complexity index is 644. The van der Waals surface area contributed by atoms with Gasteiger partial charge < -0.3 is 10.1 Å². The number of carbonyl (C=O) groups excluding carboxylic acids is 1. The molecular weight excluding hydrogens is 336 g/mol. The van der Waals surface area contributed by atoms with Crippen molar-refractivity contribution in [1.82, 2.24) is 15.3 Å². The molecule has 1 aromatic heterocycles. The normalized spacial score (nSPS) is 10.4. The van der Waals surface area contributed by atoms with Crippen LogP contribution in [0.25, 0.3) is 6.08 Å². The van der Waals surface area contributed by atoms with Gasteiger partial charge in [-0.2, -0.15) is 0 Å². The van der Waals surface area contributed by atoms with Crippen LogP contribution >= 0.6 is 15.9 Å². The zero-order valence-corrected chi connectivity index (χ0v) is 12.8. The highest BCUT2D eigenvalue weighted by Gasteiger charge is 2.01. The van der Waals surface area contributed by atoms with Gasteiger partial charge in [-0.3, -0.25) is 5.32 Å². The first-order chi connectivity index (χ1) is 10.2. The van der Waals surface area contributed by atoms with E-state index in [0.29, 0.717) is 0 Å². The molecule has 0 saturated heterocycles. The highest BCUT2D eigenvalue weighted by molar-refractivity contribution is 9.10. The summed E-state index contributed by atoms with van der Waals surface area (Å²) in [4.78, 5) is 19.5. The number of carbonyl (C=O) groups is 1. The second-order valence-electron chi connectivity index (χ2n) is 3.93. The molecule has 2 aromatic rings. The van der Waals surface area contributed by atoms with Crippen molar-refractivity contribution in [1.29, 1.82) is 0 Å². The Morgan fingerprint density at radius 2 is 2.10 bits per heavy atom. The summed E-state index contributed by atoms with van der Waals surface area (Å²) in [6.07, 6.45) is 6.39. The average molecular weight is 349 g/mol. The van der Waals surface area contributed by atoms with Gasteiger partial charge in [0.1, 0.15) is 5.75 Å². The Balaban J connectivity index is 1.88. The van der Waals surface area contributed by atoms with Crippen LogP contribution in [0.2, 0.25) is 0 Å². The van der Waals surface area contributed by atoms with Crippen LogP contribution in [0.3, 0.4) is 0 Å². The van der Waals surface area contributed by atoms with E-state index >= 15 is 0 Å². The van der Waals surface area contributed by atoms with Gasteiger partial charge in [-0.15, -0.1) is 0 Å². The maximum atomic E-state index is 11.6. The number of halogens is 1. The fourth-order valence-electron chi connectivity index (χ4n) is 1.47. The molecule has 0 saturated carbocycles. The first-order valence-corrected chi connectivity index (χ1v) is 6.82. The number of rotatable bonds is 4. The SMILES string of the molecule is COc1cccc(/C=C/NC(=O)Nc2ncc(Br)cn2)c1. The Morgan fingerprint density at radius 3 is 2.81 bits per heavy atom. The molecular formula is C14H13BrN4O2. The van der Waals surface area contributed by atoms with Crippen LogP contribution in [0.15, 0.2) is 47.3 Å². The summed E-state index contributed by atoms with van der Waals surface area (Å²) >= 11 is 3.22. The quantitative estimate of drug-likeness (QED) is 0.890. The number of hydrogen-bond donors (Lipinski definition) is 2. The van der Waals surface area contributed by atoms with E-state index < -0.39 is 6.03 Å². The molecule has 6 nitrogen and oxygen atoms in total. The van der Waals surface area contributed by atoms with Gasteiger partial charge in [0.25, 0.3) is 0 Å². The summed E-state index contributed by atoms with van der Waals surface area (Å²) in [6, 6.07) is 7.05. The second-order valence-corrected chi connectivity index (χ2v) is 4.85. The minimum atomic E-state index is -0.420. The molecule has 0 aliphatic carbocycles. The van der Waals surface area contributed by atoms with Gasteiger partial charge in [0, 0.05) is 18.6 Å². The molecule has 21 heavy (non-hydrogen) atoms. The zero-order valence-electron chi connectivity index (χ0n) is 11.2.